The lowest BCUT2D eigenvalue weighted by Gasteiger charge is -2.13. The number of benzene rings is 1. The minimum Gasteiger partial charge on any atom is -0.384 e. The van der Waals surface area contributed by atoms with Crippen LogP contribution in [0.4, 0.5) is 5.82 Å². The van der Waals surface area contributed by atoms with Crippen LogP contribution in [0.25, 0.3) is 5.69 Å². The van der Waals surface area contributed by atoms with E-state index in [9.17, 15) is 14.4 Å². The molecule has 0 saturated heterocycles. The highest BCUT2D eigenvalue weighted by molar-refractivity contribution is 6.23. The monoisotopic (exact) mass is 363 g/mol. The fourth-order valence-corrected chi connectivity index (χ4v) is 3.35. The van der Waals surface area contributed by atoms with Gasteiger partial charge in [-0.2, -0.15) is 5.10 Å². The standard InChI is InChI=1S/C19H17N5O3/c1-10-6-11(2)23(22-10)9-12-4-3-5-13(7-12)24-15(25)8-14-16(17(24)20)19(27)21-18(14)26/h3-8H,9,20H2,1-2H3,(H,21,26,27). The summed E-state index contributed by atoms with van der Waals surface area (Å²) in [5.41, 5.74) is 9.05. The van der Waals surface area contributed by atoms with Crippen molar-refractivity contribution in [2.45, 2.75) is 20.4 Å². The number of rotatable bonds is 3. The number of amides is 2. The van der Waals surface area contributed by atoms with Crippen molar-refractivity contribution < 1.29 is 9.59 Å². The van der Waals surface area contributed by atoms with E-state index in [2.05, 4.69) is 10.4 Å². The Morgan fingerprint density at radius 2 is 1.85 bits per heavy atom. The fraction of sp³-hybridized carbons (Fsp3) is 0.158. The summed E-state index contributed by atoms with van der Waals surface area (Å²) in [6.45, 7) is 4.44. The van der Waals surface area contributed by atoms with Gasteiger partial charge >= 0.3 is 0 Å². The summed E-state index contributed by atoms with van der Waals surface area (Å²) >= 11 is 0. The highest BCUT2D eigenvalue weighted by Crippen LogP contribution is 2.23. The van der Waals surface area contributed by atoms with Crippen molar-refractivity contribution in [1.29, 1.82) is 0 Å². The Hall–Kier alpha value is -3.68. The molecule has 0 fully saturated rings. The second kappa shape index (κ2) is 5.94. The summed E-state index contributed by atoms with van der Waals surface area (Å²) in [5.74, 6) is -1.26. The van der Waals surface area contributed by atoms with Crippen LogP contribution in [-0.4, -0.2) is 26.2 Å². The SMILES string of the molecule is Cc1cc(C)n(Cc2cccc(-n3c(N)c4c(cc3=O)C(=O)NC4=O)c2)n1. The van der Waals surface area contributed by atoms with E-state index in [1.54, 1.807) is 12.1 Å². The molecule has 27 heavy (non-hydrogen) atoms. The fourth-order valence-electron chi connectivity index (χ4n) is 3.35. The number of carbonyl (C=O) groups is 2. The molecular formula is C19H17N5O3. The number of anilines is 1. The summed E-state index contributed by atoms with van der Waals surface area (Å²) in [6, 6.07) is 10.4. The highest BCUT2D eigenvalue weighted by atomic mass is 16.2. The summed E-state index contributed by atoms with van der Waals surface area (Å²) < 4.78 is 3.11. The number of imide groups is 1. The smallest absolute Gasteiger partial charge is 0.262 e. The zero-order valence-corrected chi connectivity index (χ0v) is 14.8. The van der Waals surface area contributed by atoms with Crippen molar-refractivity contribution in [3.8, 4) is 5.69 Å². The second-order valence-electron chi connectivity index (χ2n) is 6.53. The molecule has 3 aromatic rings. The lowest BCUT2D eigenvalue weighted by molar-refractivity contribution is 0.0880. The van der Waals surface area contributed by atoms with E-state index in [4.69, 9.17) is 5.73 Å². The number of nitrogens with one attached hydrogen (secondary N) is 1. The molecule has 0 spiro atoms. The van der Waals surface area contributed by atoms with E-state index in [1.165, 1.54) is 4.57 Å². The molecule has 0 bridgehead atoms. The van der Waals surface area contributed by atoms with Gasteiger partial charge in [-0.1, -0.05) is 12.1 Å². The number of aromatic nitrogens is 3. The molecular weight excluding hydrogens is 346 g/mol. The van der Waals surface area contributed by atoms with Crippen molar-refractivity contribution in [2.75, 3.05) is 5.73 Å². The molecule has 8 heteroatoms. The summed E-state index contributed by atoms with van der Waals surface area (Å²) in [7, 11) is 0. The van der Waals surface area contributed by atoms with Gasteiger partial charge in [-0.3, -0.25) is 28.9 Å². The van der Waals surface area contributed by atoms with Crippen LogP contribution in [0.2, 0.25) is 0 Å². The topological polar surface area (TPSA) is 112 Å². The van der Waals surface area contributed by atoms with E-state index < -0.39 is 17.4 Å². The number of aryl methyl sites for hydroxylation is 2. The molecule has 2 amide bonds. The molecule has 8 nitrogen and oxygen atoms in total. The molecule has 1 aliphatic heterocycles. The minimum absolute atomic E-state index is 0.0116. The Morgan fingerprint density at radius 1 is 1.07 bits per heavy atom. The van der Waals surface area contributed by atoms with E-state index in [0.717, 1.165) is 23.0 Å². The van der Waals surface area contributed by atoms with Gasteiger partial charge in [0.15, 0.2) is 0 Å². The molecule has 0 aliphatic carbocycles. The van der Waals surface area contributed by atoms with Crippen LogP contribution in [0, 0.1) is 13.8 Å². The number of pyridine rings is 1. The van der Waals surface area contributed by atoms with Crippen molar-refractivity contribution >= 4 is 17.6 Å². The van der Waals surface area contributed by atoms with Crippen molar-refractivity contribution in [2.24, 2.45) is 0 Å². The first kappa shape index (κ1) is 16.8. The molecule has 2 aromatic heterocycles. The number of fused-ring (bicyclic) bond motifs is 1. The molecule has 0 saturated carbocycles. The minimum atomic E-state index is -0.607. The number of nitrogens with two attached hydrogens (primary N) is 1. The predicted molar refractivity (Wildman–Crippen MR) is 99.1 cm³/mol. The zero-order chi connectivity index (χ0) is 19.3. The average molecular weight is 363 g/mol. The molecule has 136 valence electrons. The normalized spacial score (nSPS) is 13.0. The van der Waals surface area contributed by atoms with Crippen LogP contribution in [0.1, 0.15) is 37.7 Å². The van der Waals surface area contributed by atoms with Gasteiger partial charge in [0.25, 0.3) is 17.4 Å². The maximum atomic E-state index is 12.6. The van der Waals surface area contributed by atoms with Crippen molar-refractivity contribution in [1.82, 2.24) is 19.7 Å². The Labute approximate surface area is 154 Å². The predicted octanol–water partition coefficient (Wildman–Crippen LogP) is 1.16. The number of hydrogen-bond donors (Lipinski definition) is 2. The van der Waals surface area contributed by atoms with Crippen LogP contribution < -0.4 is 16.6 Å². The first-order valence-electron chi connectivity index (χ1n) is 8.36. The zero-order valence-electron chi connectivity index (χ0n) is 14.8. The Bertz CT molecular complexity index is 1170. The first-order chi connectivity index (χ1) is 12.8. The van der Waals surface area contributed by atoms with E-state index in [1.807, 2.05) is 36.7 Å². The van der Waals surface area contributed by atoms with Crippen LogP contribution >= 0.6 is 0 Å². The Kier molecular flexibility index (Phi) is 3.69. The van der Waals surface area contributed by atoms with E-state index in [-0.39, 0.29) is 16.9 Å². The molecule has 0 radical (unpaired) electrons. The summed E-state index contributed by atoms with van der Waals surface area (Å²) in [5, 5.41) is 6.60. The molecule has 3 heterocycles. The number of carbonyl (C=O) groups excluding carboxylic acids is 2. The number of nitrogen functional groups attached to an aromatic ring is 1. The first-order valence-corrected chi connectivity index (χ1v) is 8.36. The van der Waals surface area contributed by atoms with Crippen LogP contribution in [0.3, 0.4) is 0 Å². The third-order valence-electron chi connectivity index (χ3n) is 4.56. The van der Waals surface area contributed by atoms with Gasteiger partial charge in [0.2, 0.25) is 0 Å². The Morgan fingerprint density at radius 3 is 2.56 bits per heavy atom. The second-order valence-corrected chi connectivity index (χ2v) is 6.53. The van der Waals surface area contributed by atoms with Crippen LogP contribution in [0.15, 0.2) is 41.2 Å². The van der Waals surface area contributed by atoms with Gasteiger partial charge in [0, 0.05) is 11.8 Å². The summed E-state index contributed by atoms with van der Waals surface area (Å²) in [6.07, 6.45) is 0. The molecule has 3 N–H and O–H groups in total. The number of nitrogens with zero attached hydrogens (tertiary/aromatic N) is 3. The lowest BCUT2D eigenvalue weighted by atomic mass is 10.1. The van der Waals surface area contributed by atoms with E-state index >= 15 is 0 Å². The van der Waals surface area contributed by atoms with Gasteiger partial charge in [-0.05, 0) is 37.6 Å². The molecule has 1 aromatic carbocycles. The van der Waals surface area contributed by atoms with Gasteiger partial charge in [0.05, 0.1) is 29.1 Å². The lowest BCUT2D eigenvalue weighted by Crippen LogP contribution is -2.24. The van der Waals surface area contributed by atoms with Crippen molar-refractivity contribution in [3.05, 3.63) is 74.8 Å². The Balaban J connectivity index is 1.80. The maximum absolute atomic E-state index is 12.6. The highest BCUT2D eigenvalue weighted by Gasteiger charge is 2.31. The molecule has 4 rings (SSSR count). The van der Waals surface area contributed by atoms with Crippen LogP contribution in [-0.2, 0) is 6.54 Å². The average Bonchev–Trinajstić information content (AvgIpc) is 3.06. The third-order valence-corrected chi connectivity index (χ3v) is 4.56. The molecule has 0 unspecified atom stereocenters. The van der Waals surface area contributed by atoms with Crippen LogP contribution in [0.5, 0.6) is 0 Å². The van der Waals surface area contributed by atoms with Gasteiger partial charge in [-0.25, -0.2) is 0 Å². The van der Waals surface area contributed by atoms with E-state index in [0.29, 0.717) is 12.2 Å². The molecule has 1 aliphatic rings. The number of hydrogen-bond acceptors (Lipinski definition) is 5. The molecule has 0 atom stereocenters. The van der Waals surface area contributed by atoms with Crippen molar-refractivity contribution in [3.63, 3.8) is 0 Å². The quantitative estimate of drug-likeness (QED) is 0.678. The van der Waals surface area contributed by atoms with Gasteiger partial charge in [0.1, 0.15) is 5.82 Å². The van der Waals surface area contributed by atoms with Gasteiger partial charge in [-0.15, -0.1) is 0 Å². The third kappa shape index (κ3) is 2.71. The summed E-state index contributed by atoms with van der Waals surface area (Å²) in [4.78, 5) is 36.3. The van der Waals surface area contributed by atoms with Gasteiger partial charge < -0.3 is 5.73 Å². The largest absolute Gasteiger partial charge is 0.384 e. The maximum Gasteiger partial charge on any atom is 0.262 e.